The van der Waals surface area contributed by atoms with Crippen LogP contribution in [0.5, 0.6) is 5.75 Å². The minimum Gasteiger partial charge on any atom is -0.507 e. The number of carboxylic acid groups (broad SMARTS) is 1. The van der Waals surface area contributed by atoms with Crippen LogP contribution in [0.1, 0.15) is 21.5 Å². The van der Waals surface area contributed by atoms with Crippen LogP contribution in [0, 0.1) is 6.92 Å². The van der Waals surface area contributed by atoms with E-state index >= 15 is 0 Å². The van der Waals surface area contributed by atoms with Crippen LogP contribution in [0.4, 0.5) is 5.69 Å². The van der Waals surface area contributed by atoms with Crippen molar-refractivity contribution in [3.63, 3.8) is 0 Å². The average Bonchev–Trinajstić information content (AvgIpc) is 2.64. The lowest BCUT2D eigenvalue weighted by atomic mass is 10.1. The number of hydrogen-bond donors (Lipinski definition) is 3. The summed E-state index contributed by atoms with van der Waals surface area (Å²) in [5.74, 6) is -1.39. The molecule has 0 saturated heterocycles. The second-order valence-corrected chi connectivity index (χ2v) is 7.03. The number of carbonyl (C=O) groups is 1. The summed E-state index contributed by atoms with van der Waals surface area (Å²) in [6.45, 7) is 2.62. The first kappa shape index (κ1) is 17.9. The predicted octanol–water partition coefficient (Wildman–Crippen LogP) is 5.16. The fourth-order valence-corrected chi connectivity index (χ4v) is 3.44. The number of aromatic carboxylic acids is 1. The highest BCUT2D eigenvalue weighted by Crippen LogP contribution is 2.31. The van der Waals surface area contributed by atoms with Crippen molar-refractivity contribution >= 4 is 23.4 Å². The van der Waals surface area contributed by atoms with Crippen LogP contribution in [-0.2, 0) is 6.54 Å². The highest BCUT2D eigenvalue weighted by molar-refractivity contribution is 7.99. The molecule has 0 aliphatic carbocycles. The summed E-state index contributed by atoms with van der Waals surface area (Å²) < 4.78 is 0. The molecular formula is C21H19NO3S. The molecule has 3 N–H and O–H groups in total. The molecule has 0 aliphatic rings. The van der Waals surface area contributed by atoms with Crippen molar-refractivity contribution in [2.45, 2.75) is 23.3 Å². The van der Waals surface area contributed by atoms with Gasteiger partial charge in [0.15, 0.2) is 0 Å². The van der Waals surface area contributed by atoms with Gasteiger partial charge in [0.2, 0.25) is 0 Å². The Hall–Kier alpha value is -2.92. The van der Waals surface area contributed by atoms with Gasteiger partial charge in [0.25, 0.3) is 0 Å². The maximum Gasteiger partial charge on any atom is 0.339 e. The van der Waals surface area contributed by atoms with Crippen LogP contribution in [0.3, 0.4) is 0 Å². The monoisotopic (exact) mass is 365 g/mol. The van der Waals surface area contributed by atoms with Gasteiger partial charge in [0.05, 0.1) is 0 Å². The summed E-state index contributed by atoms with van der Waals surface area (Å²) >= 11 is 1.69. The molecule has 3 rings (SSSR count). The lowest BCUT2D eigenvalue weighted by molar-refractivity contribution is 0.0694. The molecule has 0 spiro atoms. The van der Waals surface area contributed by atoms with Crippen molar-refractivity contribution < 1.29 is 15.0 Å². The molecule has 0 radical (unpaired) electrons. The van der Waals surface area contributed by atoms with Gasteiger partial charge >= 0.3 is 5.97 Å². The van der Waals surface area contributed by atoms with Gasteiger partial charge in [-0.3, -0.25) is 0 Å². The van der Waals surface area contributed by atoms with Crippen LogP contribution < -0.4 is 5.32 Å². The van der Waals surface area contributed by atoms with E-state index in [9.17, 15) is 9.90 Å². The minimum absolute atomic E-state index is 0.114. The largest absolute Gasteiger partial charge is 0.507 e. The molecule has 132 valence electrons. The molecule has 0 unspecified atom stereocenters. The quantitative estimate of drug-likeness (QED) is 0.526. The van der Waals surface area contributed by atoms with Crippen LogP contribution in [0.2, 0.25) is 0 Å². The molecule has 0 saturated carbocycles. The first-order valence-corrected chi connectivity index (χ1v) is 8.97. The Bertz CT molecular complexity index is 923. The third-order valence-corrected chi connectivity index (χ3v) is 5.06. The van der Waals surface area contributed by atoms with E-state index < -0.39 is 5.97 Å². The lowest BCUT2D eigenvalue weighted by Gasteiger charge is -2.12. The summed E-state index contributed by atoms with van der Waals surface area (Å²) in [5, 5.41) is 21.9. The third kappa shape index (κ3) is 4.37. The van der Waals surface area contributed by atoms with E-state index in [1.165, 1.54) is 22.6 Å². The zero-order valence-corrected chi connectivity index (χ0v) is 15.1. The molecule has 5 heteroatoms. The summed E-state index contributed by atoms with van der Waals surface area (Å²) in [6, 6.07) is 21.0. The molecule has 0 heterocycles. The Balaban J connectivity index is 1.75. The minimum atomic E-state index is -1.15. The first-order valence-electron chi connectivity index (χ1n) is 8.15. The van der Waals surface area contributed by atoms with Crippen LogP contribution in [0.25, 0.3) is 0 Å². The highest BCUT2D eigenvalue weighted by atomic mass is 32.2. The average molecular weight is 365 g/mol. The Labute approximate surface area is 156 Å². The molecule has 0 fully saturated rings. The van der Waals surface area contributed by atoms with Gasteiger partial charge in [-0.1, -0.05) is 47.7 Å². The summed E-state index contributed by atoms with van der Waals surface area (Å²) in [5.41, 5.74) is 2.88. The Morgan fingerprint density at radius 2 is 1.77 bits per heavy atom. The fourth-order valence-electron chi connectivity index (χ4n) is 2.50. The van der Waals surface area contributed by atoms with E-state index in [-0.39, 0.29) is 11.3 Å². The predicted molar refractivity (Wildman–Crippen MR) is 104 cm³/mol. The Kier molecular flexibility index (Phi) is 5.49. The van der Waals surface area contributed by atoms with Gasteiger partial charge < -0.3 is 15.5 Å². The van der Waals surface area contributed by atoms with E-state index in [1.807, 2.05) is 18.2 Å². The molecule has 0 aromatic heterocycles. The molecular weight excluding hydrogens is 346 g/mol. The summed E-state index contributed by atoms with van der Waals surface area (Å²) in [4.78, 5) is 13.4. The van der Waals surface area contributed by atoms with Crippen molar-refractivity contribution in [3.8, 4) is 5.75 Å². The van der Waals surface area contributed by atoms with Gasteiger partial charge in [-0.2, -0.15) is 0 Å². The topological polar surface area (TPSA) is 69.6 Å². The third-order valence-electron chi connectivity index (χ3n) is 3.93. The molecule has 4 nitrogen and oxygen atoms in total. The number of carboxylic acids is 1. The second kappa shape index (κ2) is 7.97. The van der Waals surface area contributed by atoms with Crippen LogP contribution >= 0.6 is 11.8 Å². The molecule has 3 aromatic carbocycles. The van der Waals surface area contributed by atoms with Gasteiger partial charge in [0.1, 0.15) is 11.3 Å². The summed E-state index contributed by atoms with van der Waals surface area (Å²) in [6.07, 6.45) is 0. The van der Waals surface area contributed by atoms with E-state index in [0.29, 0.717) is 12.2 Å². The maximum absolute atomic E-state index is 11.1. The number of benzene rings is 3. The number of phenols is 1. The zero-order valence-electron chi connectivity index (χ0n) is 14.3. The molecule has 0 amide bonds. The van der Waals surface area contributed by atoms with Gasteiger partial charge in [-0.15, -0.1) is 0 Å². The van der Waals surface area contributed by atoms with Gasteiger partial charge in [-0.25, -0.2) is 4.79 Å². The van der Waals surface area contributed by atoms with Gasteiger partial charge in [-0.05, 0) is 48.9 Å². The lowest BCUT2D eigenvalue weighted by Crippen LogP contribution is -2.03. The number of anilines is 1. The second-order valence-electron chi connectivity index (χ2n) is 5.91. The number of rotatable bonds is 6. The van der Waals surface area contributed by atoms with E-state index in [1.54, 1.807) is 17.8 Å². The van der Waals surface area contributed by atoms with E-state index in [2.05, 4.69) is 42.6 Å². The highest BCUT2D eigenvalue weighted by Gasteiger charge is 2.10. The fraction of sp³-hybridized carbons (Fsp3) is 0.0952. The standard InChI is InChI=1S/C21H19NO3S/c1-14-6-9-17(10-7-14)26-20-5-3-2-4-15(20)13-22-16-8-11-19(23)18(12-16)21(24)25/h2-12,22-23H,13H2,1H3,(H,24,25). The molecule has 26 heavy (non-hydrogen) atoms. The summed E-state index contributed by atoms with van der Waals surface area (Å²) in [7, 11) is 0. The number of nitrogens with one attached hydrogen (secondary N) is 1. The van der Waals surface area contributed by atoms with E-state index in [4.69, 9.17) is 5.11 Å². The smallest absolute Gasteiger partial charge is 0.339 e. The van der Waals surface area contributed by atoms with Crippen LogP contribution in [0.15, 0.2) is 76.5 Å². The van der Waals surface area contributed by atoms with Crippen molar-refractivity contribution in [2.24, 2.45) is 0 Å². The van der Waals surface area contributed by atoms with Crippen molar-refractivity contribution in [2.75, 3.05) is 5.32 Å². The number of hydrogen-bond acceptors (Lipinski definition) is 4. The maximum atomic E-state index is 11.1. The van der Waals surface area contributed by atoms with Gasteiger partial charge in [0, 0.05) is 22.0 Å². The molecule has 3 aromatic rings. The molecule has 0 aliphatic heterocycles. The van der Waals surface area contributed by atoms with Crippen molar-refractivity contribution in [3.05, 3.63) is 83.4 Å². The number of aryl methyl sites for hydroxylation is 1. The van der Waals surface area contributed by atoms with Crippen molar-refractivity contribution in [1.82, 2.24) is 0 Å². The molecule has 0 atom stereocenters. The SMILES string of the molecule is Cc1ccc(Sc2ccccc2CNc2ccc(O)c(C(=O)O)c2)cc1. The number of aromatic hydroxyl groups is 1. The first-order chi connectivity index (χ1) is 12.5. The normalized spacial score (nSPS) is 10.5. The Morgan fingerprint density at radius 3 is 2.50 bits per heavy atom. The van der Waals surface area contributed by atoms with Crippen molar-refractivity contribution in [1.29, 1.82) is 0 Å². The zero-order chi connectivity index (χ0) is 18.5. The van der Waals surface area contributed by atoms with E-state index in [0.717, 1.165) is 10.5 Å². The molecule has 0 bridgehead atoms. The Morgan fingerprint density at radius 1 is 1.04 bits per heavy atom. The van der Waals surface area contributed by atoms with Crippen LogP contribution in [-0.4, -0.2) is 16.2 Å².